The monoisotopic (exact) mass is 347 g/mol. The number of hydrogen-bond donors (Lipinski definition) is 1. The lowest BCUT2D eigenvalue weighted by Gasteiger charge is -2.19. The molecule has 0 saturated heterocycles. The number of anilines is 1. The Morgan fingerprint density at radius 2 is 1.71 bits per heavy atom. The van der Waals surface area contributed by atoms with E-state index in [1.165, 1.54) is 0 Å². The van der Waals surface area contributed by atoms with Crippen molar-refractivity contribution in [2.75, 3.05) is 5.32 Å². The topological polar surface area (TPSA) is 38.3 Å². The van der Waals surface area contributed by atoms with Gasteiger partial charge in [0.1, 0.15) is 5.60 Å². The number of halogens is 1. The molecule has 21 heavy (non-hydrogen) atoms. The third-order valence-electron chi connectivity index (χ3n) is 2.69. The van der Waals surface area contributed by atoms with Crippen molar-refractivity contribution in [2.45, 2.75) is 26.4 Å². The molecule has 0 aromatic heterocycles. The zero-order valence-electron chi connectivity index (χ0n) is 12.3. The van der Waals surface area contributed by atoms with Gasteiger partial charge in [-0.2, -0.15) is 0 Å². The van der Waals surface area contributed by atoms with Crippen LogP contribution in [0.3, 0.4) is 0 Å². The molecule has 2 rings (SSSR count). The zero-order chi connectivity index (χ0) is 15.5. The summed E-state index contributed by atoms with van der Waals surface area (Å²) < 4.78 is 6.28. The van der Waals surface area contributed by atoms with E-state index in [-0.39, 0.29) is 0 Å². The normalized spacial score (nSPS) is 11.0. The number of amides is 1. The van der Waals surface area contributed by atoms with Crippen molar-refractivity contribution >= 4 is 27.7 Å². The Morgan fingerprint density at radius 3 is 2.33 bits per heavy atom. The first-order valence-corrected chi connectivity index (χ1v) is 7.49. The van der Waals surface area contributed by atoms with Gasteiger partial charge in [-0.3, -0.25) is 5.32 Å². The van der Waals surface area contributed by atoms with E-state index in [4.69, 9.17) is 4.74 Å². The van der Waals surface area contributed by atoms with Gasteiger partial charge < -0.3 is 4.74 Å². The van der Waals surface area contributed by atoms with Crippen LogP contribution in [0.2, 0.25) is 0 Å². The lowest BCUT2D eigenvalue weighted by atomic mass is 10.1. The molecule has 2 aromatic rings. The van der Waals surface area contributed by atoms with E-state index >= 15 is 0 Å². The summed E-state index contributed by atoms with van der Waals surface area (Å²) in [7, 11) is 0. The maximum atomic E-state index is 11.8. The first-order valence-electron chi connectivity index (χ1n) is 6.69. The third kappa shape index (κ3) is 4.90. The summed E-state index contributed by atoms with van der Waals surface area (Å²) >= 11 is 3.42. The fourth-order valence-corrected chi connectivity index (χ4v) is 2.10. The standard InChI is InChI=1S/C17H18BrNO2/c1-17(2,3)21-16(20)19-15-6-4-5-13(11-15)12-7-9-14(18)10-8-12/h4-11H,1-3H3,(H,19,20). The van der Waals surface area contributed by atoms with Gasteiger partial charge in [-0.25, -0.2) is 4.79 Å². The van der Waals surface area contributed by atoms with Crippen LogP contribution in [0, 0.1) is 0 Å². The van der Waals surface area contributed by atoms with Gasteiger partial charge in [0.15, 0.2) is 0 Å². The molecule has 0 heterocycles. The fraction of sp³-hybridized carbons (Fsp3) is 0.235. The Balaban J connectivity index is 2.14. The molecule has 0 radical (unpaired) electrons. The van der Waals surface area contributed by atoms with Crippen LogP contribution in [-0.4, -0.2) is 11.7 Å². The summed E-state index contributed by atoms with van der Waals surface area (Å²) in [6.07, 6.45) is -0.449. The molecular formula is C17H18BrNO2. The summed E-state index contributed by atoms with van der Waals surface area (Å²) in [5, 5.41) is 2.75. The van der Waals surface area contributed by atoms with Crippen LogP contribution in [-0.2, 0) is 4.74 Å². The maximum Gasteiger partial charge on any atom is 0.412 e. The van der Waals surface area contributed by atoms with E-state index in [0.29, 0.717) is 5.69 Å². The number of hydrogen-bond acceptors (Lipinski definition) is 2. The molecule has 1 N–H and O–H groups in total. The molecule has 0 saturated carbocycles. The highest BCUT2D eigenvalue weighted by molar-refractivity contribution is 9.10. The Morgan fingerprint density at radius 1 is 1.05 bits per heavy atom. The highest BCUT2D eigenvalue weighted by Crippen LogP contribution is 2.24. The van der Waals surface area contributed by atoms with Gasteiger partial charge in [-0.05, 0) is 56.2 Å². The quantitative estimate of drug-likeness (QED) is 0.782. The minimum Gasteiger partial charge on any atom is -0.444 e. The largest absolute Gasteiger partial charge is 0.444 e. The van der Waals surface area contributed by atoms with E-state index in [1.807, 2.05) is 69.3 Å². The van der Waals surface area contributed by atoms with Gasteiger partial charge >= 0.3 is 6.09 Å². The summed E-state index contributed by atoms with van der Waals surface area (Å²) in [5.74, 6) is 0. The SMILES string of the molecule is CC(C)(C)OC(=O)Nc1cccc(-c2ccc(Br)cc2)c1. The zero-order valence-corrected chi connectivity index (χ0v) is 13.9. The third-order valence-corrected chi connectivity index (χ3v) is 3.21. The highest BCUT2D eigenvalue weighted by Gasteiger charge is 2.16. The van der Waals surface area contributed by atoms with Crippen LogP contribution in [0.15, 0.2) is 53.0 Å². The summed E-state index contributed by atoms with van der Waals surface area (Å²) in [6.45, 7) is 5.51. The second-order valence-electron chi connectivity index (χ2n) is 5.71. The van der Waals surface area contributed by atoms with Gasteiger partial charge in [0.05, 0.1) is 0 Å². The van der Waals surface area contributed by atoms with Crippen molar-refractivity contribution in [2.24, 2.45) is 0 Å². The number of carbonyl (C=O) groups excluding carboxylic acids is 1. The van der Waals surface area contributed by atoms with Crippen LogP contribution < -0.4 is 5.32 Å². The second-order valence-corrected chi connectivity index (χ2v) is 6.63. The molecule has 0 unspecified atom stereocenters. The molecule has 0 aliphatic carbocycles. The smallest absolute Gasteiger partial charge is 0.412 e. The van der Waals surface area contributed by atoms with Crippen molar-refractivity contribution < 1.29 is 9.53 Å². The molecular weight excluding hydrogens is 330 g/mol. The Kier molecular flexibility index (Phi) is 4.68. The van der Waals surface area contributed by atoms with E-state index in [9.17, 15) is 4.79 Å². The van der Waals surface area contributed by atoms with Crippen LogP contribution in [0.1, 0.15) is 20.8 Å². The number of rotatable bonds is 2. The van der Waals surface area contributed by atoms with Crippen molar-refractivity contribution in [3.63, 3.8) is 0 Å². The van der Waals surface area contributed by atoms with Gasteiger partial charge in [0.2, 0.25) is 0 Å². The van der Waals surface area contributed by atoms with Crippen LogP contribution in [0.5, 0.6) is 0 Å². The lowest BCUT2D eigenvalue weighted by Crippen LogP contribution is -2.27. The van der Waals surface area contributed by atoms with Crippen molar-refractivity contribution in [3.8, 4) is 11.1 Å². The predicted molar refractivity (Wildman–Crippen MR) is 89.4 cm³/mol. The van der Waals surface area contributed by atoms with Crippen molar-refractivity contribution in [1.29, 1.82) is 0 Å². The number of benzene rings is 2. The Labute approximate surface area is 133 Å². The predicted octanol–water partition coefficient (Wildman–Crippen LogP) is 5.46. The van der Waals surface area contributed by atoms with E-state index in [0.717, 1.165) is 15.6 Å². The number of carbonyl (C=O) groups is 1. The summed E-state index contributed by atoms with van der Waals surface area (Å²) in [5.41, 5.74) is 2.33. The lowest BCUT2D eigenvalue weighted by molar-refractivity contribution is 0.0636. The Hall–Kier alpha value is -1.81. The molecule has 3 nitrogen and oxygen atoms in total. The molecule has 0 spiro atoms. The molecule has 0 aliphatic heterocycles. The van der Waals surface area contributed by atoms with Gasteiger partial charge in [0.25, 0.3) is 0 Å². The molecule has 0 aliphatic rings. The first kappa shape index (κ1) is 15.6. The molecule has 0 fully saturated rings. The molecule has 4 heteroatoms. The average molecular weight is 348 g/mol. The van der Waals surface area contributed by atoms with E-state index < -0.39 is 11.7 Å². The minimum atomic E-state index is -0.507. The average Bonchev–Trinajstić information content (AvgIpc) is 2.37. The van der Waals surface area contributed by atoms with E-state index in [2.05, 4.69) is 21.2 Å². The molecule has 110 valence electrons. The van der Waals surface area contributed by atoms with Gasteiger partial charge in [-0.1, -0.05) is 40.2 Å². The van der Waals surface area contributed by atoms with Crippen LogP contribution in [0.25, 0.3) is 11.1 Å². The molecule has 0 atom stereocenters. The number of ether oxygens (including phenoxy) is 1. The fourth-order valence-electron chi connectivity index (χ4n) is 1.84. The van der Waals surface area contributed by atoms with Crippen LogP contribution in [0.4, 0.5) is 10.5 Å². The van der Waals surface area contributed by atoms with Crippen molar-refractivity contribution in [1.82, 2.24) is 0 Å². The van der Waals surface area contributed by atoms with E-state index in [1.54, 1.807) is 0 Å². The molecule has 1 amide bonds. The first-order chi connectivity index (χ1) is 9.83. The minimum absolute atomic E-state index is 0.449. The second kappa shape index (κ2) is 6.31. The van der Waals surface area contributed by atoms with Gasteiger partial charge in [-0.15, -0.1) is 0 Å². The molecule has 0 bridgehead atoms. The molecule has 2 aromatic carbocycles. The highest BCUT2D eigenvalue weighted by atomic mass is 79.9. The number of nitrogens with one attached hydrogen (secondary N) is 1. The van der Waals surface area contributed by atoms with Crippen LogP contribution >= 0.6 is 15.9 Å². The summed E-state index contributed by atoms with van der Waals surface area (Å²) in [6, 6.07) is 15.7. The van der Waals surface area contributed by atoms with Crippen molar-refractivity contribution in [3.05, 3.63) is 53.0 Å². The maximum absolute atomic E-state index is 11.8. The van der Waals surface area contributed by atoms with Gasteiger partial charge in [0, 0.05) is 10.2 Å². The Bertz CT molecular complexity index is 630. The summed E-state index contributed by atoms with van der Waals surface area (Å²) in [4.78, 5) is 11.8.